The Bertz CT molecular complexity index is 1120. The predicted molar refractivity (Wildman–Crippen MR) is 93.3 cm³/mol. The lowest BCUT2D eigenvalue weighted by molar-refractivity contribution is -0.406. The molecule has 2 aromatic carbocycles. The zero-order valence-corrected chi connectivity index (χ0v) is 15.1. The molecule has 2 rings (SSSR count). The molecule has 0 atom stereocenters. The van der Waals surface area contributed by atoms with E-state index < -0.39 is 62.4 Å². The maximum absolute atomic E-state index is 11.6. The monoisotopic (exact) mass is 430 g/mol. The van der Waals surface area contributed by atoms with Crippen LogP contribution >= 0.6 is 0 Å². The van der Waals surface area contributed by atoms with E-state index in [2.05, 4.69) is 0 Å². The number of rotatable bonds is 6. The van der Waals surface area contributed by atoms with Crippen LogP contribution < -0.4 is 0 Å². The summed E-state index contributed by atoms with van der Waals surface area (Å²) in [6.07, 6.45) is 0. The van der Waals surface area contributed by atoms with Gasteiger partial charge in [-0.15, -0.1) is 0 Å². The number of nitro groups is 2. The molecule has 0 amide bonds. The summed E-state index contributed by atoms with van der Waals surface area (Å²) in [7, 11) is -10.0. The van der Waals surface area contributed by atoms with E-state index >= 15 is 0 Å². The van der Waals surface area contributed by atoms with Gasteiger partial charge >= 0.3 is 11.4 Å². The van der Waals surface area contributed by atoms with Crippen molar-refractivity contribution in [1.82, 2.24) is 0 Å². The molecule has 0 spiro atoms. The minimum absolute atomic E-state index is 0.778. The second-order valence-electron chi connectivity index (χ2n) is 5.15. The summed E-state index contributed by atoms with van der Waals surface area (Å²) >= 11 is 0. The van der Waals surface area contributed by atoms with E-state index in [1.54, 1.807) is 0 Å². The van der Waals surface area contributed by atoms with Crippen LogP contribution in [0.4, 0.5) is 0 Å². The van der Waals surface area contributed by atoms with E-state index in [9.17, 15) is 46.2 Å². The molecule has 2 N–H and O–H groups in total. The minimum atomic E-state index is -5.02. The van der Waals surface area contributed by atoms with E-state index in [-0.39, 0.29) is 0 Å². The number of nitrogens with zero attached hydrogens (tertiary/aromatic N) is 2. The minimum Gasteiger partial charge on any atom is -0.282 e. The topological polar surface area (TPSA) is 195 Å². The van der Waals surface area contributed by atoms with Crippen molar-refractivity contribution in [1.29, 1.82) is 0 Å². The molecule has 0 radical (unpaired) electrons. The van der Waals surface area contributed by atoms with Crippen LogP contribution in [0.1, 0.15) is 11.1 Å². The van der Waals surface area contributed by atoms with Gasteiger partial charge in [-0.1, -0.05) is 24.3 Å². The van der Waals surface area contributed by atoms with Gasteiger partial charge in [-0.2, -0.15) is 16.8 Å². The van der Waals surface area contributed by atoms with Crippen molar-refractivity contribution in [2.75, 3.05) is 0 Å². The Hall–Kier alpha value is -3.20. The molecule has 0 fully saturated rings. The van der Waals surface area contributed by atoms with E-state index in [0.29, 0.717) is 0 Å². The quantitative estimate of drug-likeness (QED) is 0.294. The van der Waals surface area contributed by atoms with Crippen molar-refractivity contribution < 1.29 is 35.8 Å². The van der Waals surface area contributed by atoms with Crippen molar-refractivity contribution in [2.24, 2.45) is 0 Å². The van der Waals surface area contributed by atoms with Gasteiger partial charge in [0.25, 0.3) is 20.2 Å². The Balaban J connectivity index is 3.09. The average Bonchev–Trinajstić information content (AvgIpc) is 2.57. The standard InChI is InChI=1S/C14H10N2O10S2/c17-15(18)13(9-5-1-3-7-11(9)27(21,22)23)14(16(19)20)10-6-2-4-8-12(10)28(24,25)26/h1-8H,(H,21,22,23)(H,24,25,26). The maximum atomic E-state index is 11.6. The Kier molecular flexibility index (Phi) is 5.60. The number of benzene rings is 2. The van der Waals surface area contributed by atoms with Gasteiger partial charge in [-0.05, 0) is 24.3 Å². The SMILES string of the molecule is O=[N+]([O-])C(=C(c1ccccc1S(=O)(=O)O)[N+](=O)[O-])c1ccccc1S(=O)(=O)O. The Morgan fingerprint density at radius 2 is 0.964 bits per heavy atom. The second kappa shape index (κ2) is 7.43. The smallest absolute Gasteiger partial charge is 0.282 e. The van der Waals surface area contributed by atoms with E-state index in [0.717, 1.165) is 48.5 Å². The third-order valence-electron chi connectivity index (χ3n) is 3.43. The number of hydrogen-bond acceptors (Lipinski definition) is 8. The zero-order chi connectivity index (χ0) is 21.3. The first kappa shape index (κ1) is 21.1. The van der Waals surface area contributed by atoms with Gasteiger partial charge < -0.3 is 0 Å². The summed E-state index contributed by atoms with van der Waals surface area (Å²) in [5.74, 6) is 0. The van der Waals surface area contributed by atoms with Crippen molar-refractivity contribution in [3.8, 4) is 0 Å². The lowest BCUT2D eigenvalue weighted by atomic mass is 10.1. The molecule has 0 aliphatic heterocycles. The van der Waals surface area contributed by atoms with Crippen molar-refractivity contribution in [3.63, 3.8) is 0 Å². The van der Waals surface area contributed by atoms with Gasteiger partial charge in [0.15, 0.2) is 0 Å². The van der Waals surface area contributed by atoms with Gasteiger partial charge in [0.05, 0.1) is 21.0 Å². The Morgan fingerprint density at radius 3 is 1.21 bits per heavy atom. The highest BCUT2D eigenvalue weighted by Gasteiger charge is 2.38. The van der Waals surface area contributed by atoms with Crippen LogP contribution in [-0.4, -0.2) is 35.8 Å². The van der Waals surface area contributed by atoms with Gasteiger partial charge in [-0.25, -0.2) is 0 Å². The molecule has 0 saturated carbocycles. The molecule has 2 aromatic rings. The highest BCUT2D eigenvalue weighted by molar-refractivity contribution is 7.86. The van der Waals surface area contributed by atoms with Crippen molar-refractivity contribution >= 4 is 31.6 Å². The molecule has 0 aliphatic rings. The largest absolute Gasteiger partial charge is 0.355 e. The lowest BCUT2D eigenvalue weighted by Crippen LogP contribution is -2.14. The third kappa shape index (κ3) is 4.20. The first-order chi connectivity index (χ1) is 12.9. The van der Waals surface area contributed by atoms with Crippen LogP contribution in [0.2, 0.25) is 0 Å². The van der Waals surface area contributed by atoms with Gasteiger partial charge in [0.1, 0.15) is 9.79 Å². The van der Waals surface area contributed by atoms with Crippen LogP contribution in [0.25, 0.3) is 11.4 Å². The normalized spacial score (nSPS) is 12.9. The zero-order valence-electron chi connectivity index (χ0n) is 13.5. The summed E-state index contributed by atoms with van der Waals surface area (Å²) in [5.41, 5.74) is -4.47. The molecule has 14 heteroatoms. The number of hydrogen-bond donors (Lipinski definition) is 2. The predicted octanol–water partition coefficient (Wildman–Crippen LogP) is 1.56. The van der Waals surface area contributed by atoms with Crippen LogP contribution in [0.5, 0.6) is 0 Å². The van der Waals surface area contributed by atoms with Crippen LogP contribution in [0, 0.1) is 20.2 Å². The second-order valence-corrected chi connectivity index (χ2v) is 7.93. The molecule has 0 saturated heterocycles. The van der Waals surface area contributed by atoms with Gasteiger partial charge in [0, 0.05) is 0 Å². The fourth-order valence-electron chi connectivity index (χ4n) is 2.40. The summed E-state index contributed by atoms with van der Waals surface area (Å²) < 4.78 is 64.8. The van der Waals surface area contributed by atoms with Gasteiger partial charge in [-0.3, -0.25) is 29.3 Å². The third-order valence-corrected chi connectivity index (χ3v) is 5.25. The fourth-order valence-corrected chi connectivity index (χ4v) is 3.79. The van der Waals surface area contributed by atoms with E-state index in [1.165, 1.54) is 0 Å². The molecular formula is C14H10N2O10S2. The summed E-state index contributed by atoms with van der Waals surface area (Å²) in [5, 5.41) is 23.2. The summed E-state index contributed by atoms with van der Waals surface area (Å²) in [6, 6.07) is 7.70. The highest BCUT2D eigenvalue weighted by Crippen LogP contribution is 2.34. The Morgan fingerprint density at radius 1 is 0.679 bits per heavy atom. The summed E-state index contributed by atoms with van der Waals surface area (Å²) in [6.45, 7) is 0. The van der Waals surface area contributed by atoms with Crippen LogP contribution in [-0.2, 0) is 20.2 Å². The highest BCUT2D eigenvalue weighted by atomic mass is 32.2. The molecule has 12 nitrogen and oxygen atoms in total. The van der Waals surface area contributed by atoms with Crippen molar-refractivity contribution in [3.05, 3.63) is 79.9 Å². The summed E-state index contributed by atoms with van der Waals surface area (Å²) in [4.78, 5) is 18.7. The van der Waals surface area contributed by atoms with Gasteiger partial charge in [0.2, 0.25) is 0 Å². The first-order valence-corrected chi connectivity index (χ1v) is 9.90. The molecular weight excluding hydrogens is 420 g/mol. The van der Waals surface area contributed by atoms with Crippen LogP contribution in [0.15, 0.2) is 58.3 Å². The first-order valence-electron chi connectivity index (χ1n) is 7.02. The lowest BCUT2D eigenvalue weighted by Gasteiger charge is -2.08. The molecule has 28 heavy (non-hydrogen) atoms. The fraction of sp³-hybridized carbons (Fsp3) is 0. The molecule has 0 unspecified atom stereocenters. The molecule has 0 aromatic heterocycles. The Labute approximate surface area is 157 Å². The van der Waals surface area contributed by atoms with E-state index in [4.69, 9.17) is 0 Å². The molecule has 148 valence electrons. The van der Waals surface area contributed by atoms with Crippen LogP contribution in [0.3, 0.4) is 0 Å². The maximum Gasteiger partial charge on any atom is 0.355 e. The average molecular weight is 430 g/mol. The molecule has 0 aliphatic carbocycles. The molecule has 0 bridgehead atoms. The van der Waals surface area contributed by atoms with E-state index in [1.807, 2.05) is 0 Å². The molecule has 0 heterocycles. The van der Waals surface area contributed by atoms with Crippen molar-refractivity contribution in [2.45, 2.75) is 9.79 Å².